The standard InChI is InChI=1S/C12H20N2O5.C4H10.C2H4O/c1-12(2)7-4-14(5-8(7)12)9(16)3-13-11(18)19-10(17)6-15;1-4(2)3;1-2-3/h7-8,10,15,17H,3-6H2,1-2H3,(H,13,18);4H,1-3H3;2H,1H3. The van der Waals surface area contributed by atoms with Crippen molar-refractivity contribution in [1.29, 1.82) is 0 Å². The third-order valence-electron chi connectivity index (χ3n) is 4.26. The highest BCUT2D eigenvalue weighted by molar-refractivity contribution is 5.82. The number of aliphatic hydroxyl groups is 2. The lowest BCUT2D eigenvalue weighted by Crippen LogP contribution is -2.42. The molecule has 0 spiro atoms. The van der Waals surface area contributed by atoms with E-state index in [0.717, 1.165) is 25.3 Å². The number of aldehydes is 1. The molecule has 8 nitrogen and oxygen atoms in total. The number of aliphatic hydroxyl groups excluding tert-OH is 2. The Morgan fingerprint density at radius 2 is 1.69 bits per heavy atom. The fraction of sp³-hybridized carbons (Fsp3) is 0.833. The van der Waals surface area contributed by atoms with Gasteiger partial charge in [-0.1, -0.05) is 34.6 Å². The van der Waals surface area contributed by atoms with Gasteiger partial charge in [0.15, 0.2) is 0 Å². The van der Waals surface area contributed by atoms with E-state index in [1.807, 2.05) is 0 Å². The van der Waals surface area contributed by atoms with Gasteiger partial charge in [-0.25, -0.2) is 4.79 Å². The number of nitrogens with zero attached hydrogens (tertiary/aromatic N) is 1. The fourth-order valence-corrected chi connectivity index (χ4v) is 2.80. The van der Waals surface area contributed by atoms with E-state index in [2.05, 4.69) is 44.7 Å². The van der Waals surface area contributed by atoms with E-state index in [4.69, 9.17) is 15.0 Å². The molecule has 2 amide bonds. The molecule has 152 valence electrons. The number of hydrogen-bond donors (Lipinski definition) is 3. The van der Waals surface area contributed by atoms with Crippen LogP contribution in [0, 0.1) is 23.2 Å². The summed E-state index contributed by atoms with van der Waals surface area (Å²) < 4.78 is 4.36. The van der Waals surface area contributed by atoms with Crippen molar-refractivity contribution in [2.75, 3.05) is 26.2 Å². The van der Waals surface area contributed by atoms with Gasteiger partial charge in [0, 0.05) is 13.1 Å². The molecule has 8 heteroatoms. The van der Waals surface area contributed by atoms with E-state index in [-0.39, 0.29) is 12.5 Å². The maximum atomic E-state index is 11.8. The van der Waals surface area contributed by atoms with Gasteiger partial charge in [-0.3, -0.25) is 4.79 Å². The van der Waals surface area contributed by atoms with Crippen molar-refractivity contribution in [1.82, 2.24) is 10.2 Å². The van der Waals surface area contributed by atoms with Crippen LogP contribution in [0.25, 0.3) is 0 Å². The van der Waals surface area contributed by atoms with Gasteiger partial charge < -0.3 is 30.0 Å². The predicted molar refractivity (Wildman–Crippen MR) is 97.2 cm³/mol. The van der Waals surface area contributed by atoms with Crippen LogP contribution in [0.1, 0.15) is 41.5 Å². The Bertz CT molecular complexity index is 450. The van der Waals surface area contributed by atoms with Gasteiger partial charge in [0.05, 0.1) is 0 Å². The molecule has 3 unspecified atom stereocenters. The summed E-state index contributed by atoms with van der Waals surface area (Å²) in [5.74, 6) is 1.82. The largest absolute Gasteiger partial charge is 0.417 e. The van der Waals surface area contributed by atoms with E-state index in [1.165, 1.54) is 6.92 Å². The molecule has 3 atom stereocenters. The topological polar surface area (TPSA) is 116 Å². The molecule has 0 radical (unpaired) electrons. The number of carbonyl (C=O) groups is 3. The Morgan fingerprint density at radius 1 is 1.27 bits per heavy atom. The number of nitrogens with one attached hydrogen (secondary N) is 1. The zero-order valence-corrected chi connectivity index (χ0v) is 16.7. The van der Waals surface area contributed by atoms with Crippen LogP contribution in [-0.2, 0) is 14.3 Å². The summed E-state index contributed by atoms with van der Waals surface area (Å²) in [6.45, 7) is 13.0. The second kappa shape index (κ2) is 11.1. The highest BCUT2D eigenvalue weighted by Gasteiger charge is 2.62. The van der Waals surface area contributed by atoms with Crippen LogP contribution >= 0.6 is 0 Å². The zero-order valence-electron chi connectivity index (χ0n) is 16.7. The molecule has 1 heterocycles. The van der Waals surface area contributed by atoms with Gasteiger partial charge in [-0.15, -0.1) is 0 Å². The van der Waals surface area contributed by atoms with Crippen molar-refractivity contribution in [3.05, 3.63) is 0 Å². The molecule has 0 aromatic heterocycles. The van der Waals surface area contributed by atoms with Crippen LogP contribution in [0.2, 0.25) is 0 Å². The predicted octanol–water partition coefficient (Wildman–Crippen LogP) is 1.01. The van der Waals surface area contributed by atoms with E-state index in [0.29, 0.717) is 17.3 Å². The summed E-state index contributed by atoms with van der Waals surface area (Å²) >= 11 is 0. The summed E-state index contributed by atoms with van der Waals surface area (Å²) in [5.41, 5.74) is 0.342. The Kier molecular flexibility index (Phi) is 10.4. The lowest BCUT2D eigenvalue weighted by molar-refractivity contribution is -0.130. The molecular formula is C18H34N2O6. The van der Waals surface area contributed by atoms with Crippen LogP contribution in [0.15, 0.2) is 0 Å². The molecule has 2 fully saturated rings. The fourth-order valence-electron chi connectivity index (χ4n) is 2.80. The molecule has 26 heavy (non-hydrogen) atoms. The minimum atomic E-state index is -1.56. The minimum Gasteiger partial charge on any atom is -0.417 e. The van der Waals surface area contributed by atoms with E-state index < -0.39 is 19.0 Å². The third kappa shape index (κ3) is 8.14. The molecule has 1 saturated carbocycles. The molecule has 1 aliphatic heterocycles. The molecule has 3 N–H and O–H groups in total. The van der Waals surface area contributed by atoms with E-state index in [1.54, 1.807) is 4.90 Å². The van der Waals surface area contributed by atoms with E-state index in [9.17, 15) is 9.59 Å². The Hall–Kier alpha value is -1.67. The van der Waals surface area contributed by atoms with Gasteiger partial charge in [0.1, 0.15) is 19.4 Å². The number of hydrogen-bond acceptors (Lipinski definition) is 6. The van der Waals surface area contributed by atoms with Gasteiger partial charge in [0.25, 0.3) is 0 Å². The lowest BCUT2D eigenvalue weighted by Gasteiger charge is -2.22. The van der Waals surface area contributed by atoms with Gasteiger partial charge >= 0.3 is 6.09 Å². The van der Waals surface area contributed by atoms with Gasteiger partial charge in [-0.2, -0.15) is 0 Å². The number of carbonyl (C=O) groups excluding carboxylic acids is 3. The first-order valence-corrected chi connectivity index (χ1v) is 8.92. The Labute approximate surface area is 155 Å². The number of amides is 2. The van der Waals surface area contributed by atoms with Gasteiger partial charge in [-0.05, 0) is 30.1 Å². The SMILES string of the molecule is CC(C)C.CC1(C)C2CN(C(=O)CNC(=O)OC(O)CO)CC21.CC=O. The first-order valence-electron chi connectivity index (χ1n) is 8.92. The van der Waals surface area contributed by atoms with E-state index >= 15 is 0 Å². The number of piperidine rings is 1. The van der Waals surface area contributed by atoms with Crippen molar-refractivity contribution >= 4 is 18.3 Å². The monoisotopic (exact) mass is 374 g/mol. The summed E-state index contributed by atoms with van der Waals surface area (Å²) in [4.78, 5) is 33.5. The highest BCUT2D eigenvalue weighted by atomic mass is 16.7. The lowest BCUT2D eigenvalue weighted by atomic mass is 10.1. The average molecular weight is 374 g/mol. The smallest absolute Gasteiger partial charge is 0.409 e. The maximum Gasteiger partial charge on any atom is 0.409 e. The molecule has 0 aromatic rings. The summed E-state index contributed by atoms with van der Waals surface area (Å²) in [5, 5.41) is 19.6. The quantitative estimate of drug-likeness (QED) is 0.499. The maximum absolute atomic E-state index is 11.8. The number of rotatable bonds is 4. The molecular weight excluding hydrogens is 340 g/mol. The normalized spacial score (nSPS) is 22.7. The van der Waals surface area contributed by atoms with Crippen LogP contribution in [0.5, 0.6) is 0 Å². The minimum absolute atomic E-state index is 0.154. The molecule has 0 bridgehead atoms. The van der Waals surface area contributed by atoms with Crippen LogP contribution in [0.4, 0.5) is 4.79 Å². The number of fused-ring (bicyclic) bond motifs is 1. The van der Waals surface area contributed by atoms with Crippen molar-refractivity contribution in [2.45, 2.75) is 47.8 Å². The second-order valence-corrected chi connectivity index (χ2v) is 7.70. The molecule has 1 saturated heterocycles. The third-order valence-corrected chi connectivity index (χ3v) is 4.26. The molecule has 1 aliphatic carbocycles. The highest BCUT2D eigenvalue weighted by Crippen LogP contribution is 2.61. The summed E-state index contributed by atoms with van der Waals surface area (Å²) in [7, 11) is 0. The number of ether oxygens (including phenoxy) is 1. The second-order valence-electron chi connectivity index (χ2n) is 7.70. The summed E-state index contributed by atoms with van der Waals surface area (Å²) in [6, 6.07) is 0. The molecule has 2 aliphatic rings. The number of likely N-dealkylation sites (tertiary alicyclic amines) is 1. The Morgan fingerprint density at radius 3 is 2.08 bits per heavy atom. The van der Waals surface area contributed by atoms with Crippen molar-refractivity contribution in [3.63, 3.8) is 0 Å². The zero-order chi connectivity index (χ0) is 20.5. The summed E-state index contributed by atoms with van der Waals surface area (Å²) in [6.07, 6.45) is -1.73. The van der Waals surface area contributed by atoms with Crippen molar-refractivity contribution < 1.29 is 29.3 Å². The molecule has 2 rings (SSSR count). The van der Waals surface area contributed by atoms with Crippen LogP contribution in [-0.4, -0.2) is 65.9 Å². The number of alkyl carbamates (subject to hydrolysis) is 1. The Balaban J connectivity index is 0.000000770. The average Bonchev–Trinajstić information content (AvgIpc) is 2.91. The van der Waals surface area contributed by atoms with Crippen molar-refractivity contribution in [3.8, 4) is 0 Å². The first-order chi connectivity index (χ1) is 12.0. The first kappa shape index (κ1) is 24.3. The molecule has 0 aromatic carbocycles. The van der Waals surface area contributed by atoms with Gasteiger partial charge in [0.2, 0.25) is 12.2 Å². The van der Waals surface area contributed by atoms with Crippen LogP contribution < -0.4 is 5.32 Å². The van der Waals surface area contributed by atoms with Crippen LogP contribution in [0.3, 0.4) is 0 Å². The van der Waals surface area contributed by atoms with Crippen molar-refractivity contribution in [2.24, 2.45) is 23.2 Å².